The van der Waals surface area contributed by atoms with Crippen molar-refractivity contribution in [3.05, 3.63) is 59.4 Å². The first-order valence-electron chi connectivity index (χ1n) is 7.02. The number of hydrogen-bond donors (Lipinski definition) is 1. The first kappa shape index (κ1) is 15.2. The Morgan fingerprint density at radius 3 is 2.87 bits per heavy atom. The van der Waals surface area contributed by atoms with Gasteiger partial charge < -0.3 is 10.1 Å². The number of carbonyl (C=O) groups excluding carboxylic acids is 1. The number of carbonyl (C=O) groups is 1. The van der Waals surface area contributed by atoms with Gasteiger partial charge in [-0.15, -0.1) is 0 Å². The second-order valence-electron chi connectivity index (χ2n) is 4.95. The average Bonchev–Trinajstić information content (AvgIpc) is 2.57. The minimum atomic E-state index is -0.280. The zero-order chi connectivity index (χ0) is 16.2. The zero-order valence-electron chi connectivity index (χ0n) is 12.4. The third kappa shape index (κ3) is 3.40. The summed E-state index contributed by atoms with van der Waals surface area (Å²) in [6.07, 6.45) is 1.41. The number of nitrogens with zero attached hydrogens (tertiary/aromatic N) is 2. The highest BCUT2D eigenvalue weighted by molar-refractivity contribution is 6.31. The second-order valence-corrected chi connectivity index (χ2v) is 5.35. The highest BCUT2D eigenvalue weighted by Crippen LogP contribution is 2.23. The van der Waals surface area contributed by atoms with E-state index in [4.69, 9.17) is 16.3 Å². The van der Waals surface area contributed by atoms with Gasteiger partial charge in [0.2, 0.25) is 5.88 Å². The van der Waals surface area contributed by atoms with Gasteiger partial charge in [-0.05, 0) is 36.8 Å². The number of amides is 1. The van der Waals surface area contributed by atoms with Gasteiger partial charge in [0.25, 0.3) is 5.91 Å². The van der Waals surface area contributed by atoms with E-state index in [1.807, 2.05) is 31.2 Å². The SMILES string of the molecule is Cc1c(Cl)cccc1NC(=O)COc1ncnc2ccccc12. The van der Waals surface area contributed by atoms with Crippen LogP contribution in [-0.2, 0) is 4.79 Å². The molecule has 0 saturated heterocycles. The molecule has 2 aromatic carbocycles. The molecule has 0 fully saturated rings. The number of benzene rings is 2. The first-order chi connectivity index (χ1) is 11.1. The summed E-state index contributed by atoms with van der Waals surface area (Å²) in [7, 11) is 0. The molecule has 0 aliphatic heterocycles. The lowest BCUT2D eigenvalue weighted by atomic mass is 10.2. The van der Waals surface area contributed by atoms with Crippen molar-refractivity contribution in [1.82, 2.24) is 9.97 Å². The Morgan fingerprint density at radius 2 is 2.00 bits per heavy atom. The lowest BCUT2D eigenvalue weighted by Gasteiger charge is -2.10. The van der Waals surface area contributed by atoms with E-state index < -0.39 is 0 Å². The van der Waals surface area contributed by atoms with Crippen LogP contribution in [0.25, 0.3) is 10.9 Å². The molecule has 1 amide bonds. The van der Waals surface area contributed by atoms with Gasteiger partial charge in [-0.2, -0.15) is 0 Å². The molecular formula is C17H14ClN3O2. The van der Waals surface area contributed by atoms with Crippen LogP contribution in [0.4, 0.5) is 5.69 Å². The number of rotatable bonds is 4. The highest BCUT2D eigenvalue weighted by atomic mass is 35.5. The lowest BCUT2D eigenvalue weighted by Crippen LogP contribution is -2.21. The molecule has 0 atom stereocenters. The lowest BCUT2D eigenvalue weighted by molar-refractivity contribution is -0.118. The fraction of sp³-hybridized carbons (Fsp3) is 0.118. The number of ether oxygens (including phenoxy) is 1. The van der Waals surface area contributed by atoms with Crippen molar-refractivity contribution in [3.8, 4) is 5.88 Å². The maximum atomic E-state index is 12.1. The monoisotopic (exact) mass is 327 g/mol. The van der Waals surface area contributed by atoms with Crippen LogP contribution in [0.15, 0.2) is 48.8 Å². The fourth-order valence-corrected chi connectivity index (χ4v) is 2.33. The zero-order valence-corrected chi connectivity index (χ0v) is 13.2. The summed E-state index contributed by atoms with van der Waals surface area (Å²) in [5.74, 6) is 0.103. The summed E-state index contributed by atoms with van der Waals surface area (Å²) in [5, 5.41) is 4.15. The van der Waals surface area contributed by atoms with Gasteiger partial charge in [0, 0.05) is 10.7 Å². The van der Waals surface area contributed by atoms with Crippen LogP contribution in [0.3, 0.4) is 0 Å². The number of hydrogen-bond acceptors (Lipinski definition) is 4. The van der Waals surface area contributed by atoms with Gasteiger partial charge in [-0.3, -0.25) is 4.79 Å². The van der Waals surface area contributed by atoms with Crippen LogP contribution in [0.1, 0.15) is 5.56 Å². The normalized spacial score (nSPS) is 10.5. The Labute approximate surface area is 138 Å². The number of aromatic nitrogens is 2. The van der Waals surface area contributed by atoms with E-state index in [0.29, 0.717) is 16.6 Å². The van der Waals surface area contributed by atoms with Crippen molar-refractivity contribution in [1.29, 1.82) is 0 Å². The summed E-state index contributed by atoms with van der Waals surface area (Å²) in [5.41, 5.74) is 2.25. The molecule has 1 N–H and O–H groups in total. The van der Waals surface area contributed by atoms with E-state index in [1.54, 1.807) is 18.2 Å². The fourth-order valence-electron chi connectivity index (χ4n) is 2.16. The van der Waals surface area contributed by atoms with Crippen LogP contribution >= 0.6 is 11.6 Å². The molecule has 0 spiro atoms. The number of anilines is 1. The maximum Gasteiger partial charge on any atom is 0.262 e. The van der Waals surface area contributed by atoms with Crippen molar-refractivity contribution in [2.24, 2.45) is 0 Å². The predicted octanol–water partition coefficient (Wildman–Crippen LogP) is 3.61. The van der Waals surface area contributed by atoms with E-state index in [1.165, 1.54) is 6.33 Å². The van der Waals surface area contributed by atoms with Crippen LogP contribution in [-0.4, -0.2) is 22.5 Å². The van der Waals surface area contributed by atoms with Gasteiger partial charge in [0.15, 0.2) is 6.61 Å². The Bertz CT molecular complexity index is 862. The van der Waals surface area contributed by atoms with Crippen LogP contribution in [0, 0.1) is 6.92 Å². The van der Waals surface area contributed by atoms with Crippen molar-refractivity contribution in [2.45, 2.75) is 6.92 Å². The molecule has 0 bridgehead atoms. The van der Waals surface area contributed by atoms with E-state index >= 15 is 0 Å². The Kier molecular flexibility index (Phi) is 4.39. The molecule has 3 aromatic rings. The molecule has 0 aliphatic rings. The Hall–Kier alpha value is -2.66. The number of nitrogens with one attached hydrogen (secondary N) is 1. The van der Waals surface area contributed by atoms with Crippen LogP contribution in [0.2, 0.25) is 5.02 Å². The third-order valence-corrected chi connectivity index (χ3v) is 3.80. The quantitative estimate of drug-likeness (QED) is 0.795. The number of fused-ring (bicyclic) bond motifs is 1. The molecule has 0 unspecified atom stereocenters. The van der Waals surface area contributed by atoms with Crippen molar-refractivity contribution < 1.29 is 9.53 Å². The average molecular weight is 328 g/mol. The molecule has 23 heavy (non-hydrogen) atoms. The molecule has 0 radical (unpaired) electrons. The minimum absolute atomic E-state index is 0.146. The summed E-state index contributed by atoms with van der Waals surface area (Å²) in [4.78, 5) is 20.3. The standard InChI is InChI=1S/C17H14ClN3O2/c1-11-13(18)6-4-8-14(11)21-16(22)9-23-17-12-5-2-3-7-15(12)19-10-20-17/h2-8,10H,9H2,1H3,(H,21,22). The van der Waals surface area contributed by atoms with Gasteiger partial charge in [0.05, 0.1) is 10.9 Å². The van der Waals surface area contributed by atoms with Gasteiger partial charge >= 0.3 is 0 Å². The Balaban J connectivity index is 1.70. The molecular weight excluding hydrogens is 314 g/mol. The molecule has 6 heteroatoms. The summed E-state index contributed by atoms with van der Waals surface area (Å²) >= 11 is 6.04. The maximum absolute atomic E-state index is 12.1. The molecule has 1 heterocycles. The molecule has 3 rings (SSSR count). The van der Waals surface area contributed by atoms with Crippen molar-refractivity contribution >= 4 is 34.1 Å². The van der Waals surface area contributed by atoms with Crippen LogP contribution in [0.5, 0.6) is 5.88 Å². The first-order valence-corrected chi connectivity index (χ1v) is 7.40. The summed E-state index contributed by atoms with van der Waals surface area (Å²) in [6.45, 7) is 1.70. The predicted molar refractivity (Wildman–Crippen MR) is 89.9 cm³/mol. The second kappa shape index (κ2) is 6.62. The van der Waals surface area contributed by atoms with E-state index in [-0.39, 0.29) is 12.5 Å². The molecule has 0 aliphatic carbocycles. The molecule has 116 valence electrons. The van der Waals surface area contributed by atoms with Crippen LogP contribution < -0.4 is 10.1 Å². The van der Waals surface area contributed by atoms with E-state index in [0.717, 1.165) is 16.5 Å². The van der Waals surface area contributed by atoms with E-state index in [2.05, 4.69) is 15.3 Å². The van der Waals surface area contributed by atoms with E-state index in [9.17, 15) is 4.79 Å². The smallest absolute Gasteiger partial charge is 0.262 e. The number of halogens is 1. The highest BCUT2D eigenvalue weighted by Gasteiger charge is 2.10. The topological polar surface area (TPSA) is 64.1 Å². The van der Waals surface area contributed by atoms with Crippen molar-refractivity contribution in [2.75, 3.05) is 11.9 Å². The third-order valence-electron chi connectivity index (χ3n) is 3.39. The molecule has 0 saturated carbocycles. The summed E-state index contributed by atoms with van der Waals surface area (Å²) in [6, 6.07) is 12.8. The van der Waals surface area contributed by atoms with Gasteiger partial charge in [0.1, 0.15) is 6.33 Å². The number of para-hydroxylation sites is 1. The molecule has 5 nitrogen and oxygen atoms in total. The largest absolute Gasteiger partial charge is 0.467 e. The Morgan fingerprint density at radius 1 is 1.17 bits per heavy atom. The summed E-state index contributed by atoms with van der Waals surface area (Å²) < 4.78 is 5.53. The minimum Gasteiger partial charge on any atom is -0.467 e. The van der Waals surface area contributed by atoms with Gasteiger partial charge in [-0.1, -0.05) is 29.8 Å². The van der Waals surface area contributed by atoms with Gasteiger partial charge in [-0.25, -0.2) is 9.97 Å². The van der Waals surface area contributed by atoms with Crippen molar-refractivity contribution in [3.63, 3.8) is 0 Å². The molecule has 1 aromatic heterocycles.